The average molecular weight is 307 g/mol. The first-order valence-corrected chi connectivity index (χ1v) is 7.59. The van der Waals surface area contributed by atoms with E-state index < -0.39 is 0 Å². The van der Waals surface area contributed by atoms with Crippen molar-refractivity contribution < 1.29 is 14.0 Å². The van der Waals surface area contributed by atoms with E-state index in [0.717, 1.165) is 17.6 Å². The van der Waals surface area contributed by atoms with Gasteiger partial charge >= 0.3 is 0 Å². The van der Waals surface area contributed by atoms with Crippen molar-refractivity contribution in [2.45, 2.75) is 18.9 Å². The van der Waals surface area contributed by atoms with Crippen LogP contribution in [-0.2, 0) is 0 Å². The first kappa shape index (κ1) is 13.9. The molecule has 0 N–H and O–H groups in total. The van der Waals surface area contributed by atoms with Crippen LogP contribution in [0.15, 0.2) is 54.6 Å². The van der Waals surface area contributed by atoms with E-state index in [2.05, 4.69) is 0 Å². The third-order valence-electron chi connectivity index (χ3n) is 4.48. The molecule has 0 bridgehead atoms. The summed E-state index contributed by atoms with van der Waals surface area (Å²) in [5.41, 5.74) is 2.93. The van der Waals surface area contributed by atoms with E-state index in [1.165, 1.54) is 17.0 Å². The van der Waals surface area contributed by atoms with Gasteiger partial charge in [-0.3, -0.25) is 14.5 Å². The molecule has 0 fully saturated rings. The minimum absolute atomic E-state index is 0.229. The monoisotopic (exact) mass is 307 g/mol. The summed E-state index contributed by atoms with van der Waals surface area (Å²) in [5, 5.41) is 0. The molecular formula is C19H14FNO2. The van der Waals surface area contributed by atoms with Crippen molar-refractivity contribution in [3.8, 4) is 0 Å². The van der Waals surface area contributed by atoms with Crippen molar-refractivity contribution >= 4 is 17.4 Å². The third kappa shape index (κ3) is 2.18. The fourth-order valence-corrected chi connectivity index (χ4v) is 3.32. The van der Waals surface area contributed by atoms with Gasteiger partial charge in [0.1, 0.15) is 5.82 Å². The number of halogens is 1. The summed E-state index contributed by atoms with van der Waals surface area (Å²) < 4.78 is 13.0. The number of carbonyl (C=O) groups excluding carboxylic acids is 2. The van der Waals surface area contributed by atoms with Crippen molar-refractivity contribution in [2.75, 3.05) is 0 Å². The van der Waals surface area contributed by atoms with Crippen molar-refractivity contribution in [2.24, 2.45) is 0 Å². The molecule has 114 valence electrons. The molecule has 0 spiro atoms. The number of hydrogen-bond acceptors (Lipinski definition) is 2. The van der Waals surface area contributed by atoms with Gasteiger partial charge in [0.2, 0.25) is 0 Å². The van der Waals surface area contributed by atoms with E-state index in [-0.39, 0.29) is 23.7 Å². The molecule has 1 atom stereocenters. The van der Waals surface area contributed by atoms with Crippen LogP contribution in [0, 0.1) is 5.82 Å². The Morgan fingerprint density at radius 3 is 2.13 bits per heavy atom. The van der Waals surface area contributed by atoms with Crippen LogP contribution < -0.4 is 0 Å². The summed E-state index contributed by atoms with van der Waals surface area (Å²) >= 11 is 0. The fraction of sp³-hybridized carbons (Fsp3) is 0.158. The number of nitrogens with zero attached hydrogens (tertiary/aromatic N) is 1. The zero-order chi connectivity index (χ0) is 16.0. The van der Waals surface area contributed by atoms with E-state index >= 15 is 0 Å². The van der Waals surface area contributed by atoms with Gasteiger partial charge in [0, 0.05) is 0 Å². The molecule has 3 nitrogen and oxygen atoms in total. The minimum Gasteiger partial charge on any atom is -0.269 e. The van der Waals surface area contributed by atoms with Crippen LogP contribution >= 0.6 is 0 Å². The molecule has 0 radical (unpaired) electrons. The molecule has 2 aromatic rings. The van der Waals surface area contributed by atoms with Crippen molar-refractivity contribution in [3.63, 3.8) is 0 Å². The number of fused-ring (bicyclic) bond motifs is 1. The Kier molecular flexibility index (Phi) is 3.11. The summed E-state index contributed by atoms with van der Waals surface area (Å²) in [6, 6.07) is 13.0. The molecule has 1 heterocycles. The van der Waals surface area contributed by atoms with E-state index in [4.69, 9.17) is 0 Å². The summed E-state index contributed by atoms with van der Waals surface area (Å²) in [6.07, 6.45) is 3.43. The van der Waals surface area contributed by atoms with E-state index in [1.807, 2.05) is 6.08 Å². The van der Waals surface area contributed by atoms with Crippen LogP contribution in [0.25, 0.3) is 5.57 Å². The lowest BCUT2D eigenvalue weighted by atomic mass is 10.1. The highest BCUT2D eigenvalue weighted by Crippen LogP contribution is 2.34. The van der Waals surface area contributed by atoms with Crippen molar-refractivity contribution in [1.82, 2.24) is 4.90 Å². The van der Waals surface area contributed by atoms with Gasteiger partial charge in [0.25, 0.3) is 11.8 Å². The topological polar surface area (TPSA) is 37.4 Å². The summed E-state index contributed by atoms with van der Waals surface area (Å²) in [4.78, 5) is 26.4. The van der Waals surface area contributed by atoms with Crippen LogP contribution in [0.1, 0.15) is 39.1 Å². The minimum atomic E-state index is -0.274. The quantitative estimate of drug-likeness (QED) is 0.794. The standard InChI is InChI=1S/C19H14FNO2/c20-14-8-5-12(6-9-14)13-7-10-15(11-13)21-18(22)16-3-1-2-4-17(16)19(21)23/h1-6,8-9,11,15H,7,10H2. The van der Waals surface area contributed by atoms with Crippen LogP contribution in [0.2, 0.25) is 0 Å². The van der Waals surface area contributed by atoms with Gasteiger partial charge in [-0.25, -0.2) is 4.39 Å². The molecule has 4 rings (SSSR count). The Balaban J connectivity index is 1.64. The molecule has 2 aliphatic rings. The number of carbonyl (C=O) groups is 2. The van der Waals surface area contributed by atoms with Crippen LogP contribution in [0.4, 0.5) is 4.39 Å². The molecule has 1 unspecified atom stereocenters. The number of imide groups is 1. The highest BCUT2D eigenvalue weighted by atomic mass is 19.1. The summed E-state index contributed by atoms with van der Waals surface area (Å²) in [5.74, 6) is -0.733. The zero-order valence-corrected chi connectivity index (χ0v) is 12.3. The van der Waals surface area contributed by atoms with Gasteiger partial charge < -0.3 is 0 Å². The first-order valence-electron chi connectivity index (χ1n) is 7.59. The number of hydrogen-bond donors (Lipinski definition) is 0. The zero-order valence-electron chi connectivity index (χ0n) is 12.3. The number of allylic oxidation sites excluding steroid dienone is 1. The summed E-state index contributed by atoms with van der Waals surface area (Å²) in [6.45, 7) is 0. The van der Waals surface area contributed by atoms with Crippen LogP contribution in [0.5, 0.6) is 0 Å². The first-order chi connectivity index (χ1) is 11.1. The number of rotatable bonds is 2. The molecular weight excluding hydrogens is 293 g/mol. The van der Waals surface area contributed by atoms with Gasteiger partial charge in [-0.05, 0) is 48.2 Å². The van der Waals surface area contributed by atoms with Crippen molar-refractivity contribution in [1.29, 1.82) is 0 Å². The Hall–Kier alpha value is -2.75. The molecule has 2 amide bonds. The van der Waals surface area contributed by atoms with Crippen LogP contribution in [0.3, 0.4) is 0 Å². The highest BCUT2D eigenvalue weighted by molar-refractivity contribution is 6.21. The lowest BCUT2D eigenvalue weighted by molar-refractivity contribution is 0.0614. The SMILES string of the molecule is O=C1c2ccccc2C(=O)N1C1C=C(c2ccc(F)cc2)CC1. The Morgan fingerprint density at radius 2 is 1.52 bits per heavy atom. The molecule has 1 aliphatic carbocycles. The van der Waals surface area contributed by atoms with E-state index in [1.54, 1.807) is 36.4 Å². The predicted molar refractivity (Wildman–Crippen MR) is 84.3 cm³/mol. The Morgan fingerprint density at radius 1 is 0.913 bits per heavy atom. The lowest BCUT2D eigenvalue weighted by Crippen LogP contribution is -2.37. The Labute approximate surface area is 133 Å². The summed E-state index contributed by atoms with van der Waals surface area (Å²) in [7, 11) is 0. The number of benzene rings is 2. The predicted octanol–water partition coefficient (Wildman–Crippen LogP) is 3.67. The van der Waals surface area contributed by atoms with Gasteiger partial charge in [-0.1, -0.05) is 30.3 Å². The second-order valence-corrected chi connectivity index (χ2v) is 5.83. The van der Waals surface area contributed by atoms with Crippen molar-refractivity contribution in [3.05, 3.63) is 77.1 Å². The molecule has 23 heavy (non-hydrogen) atoms. The molecule has 2 aromatic carbocycles. The van der Waals surface area contributed by atoms with Crippen LogP contribution in [-0.4, -0.2) is 22.8 Å². The Bertz CT molecular complexity index is 804. The number of amides is 2. The van der Waals surface area contributed by atoms with Gasteiger partial charge in [-0.2, -0.15) is 0 Å². The maximum absolute atomic E-state index is 13.0. The maximum atomic E-state index is 13.0. The maximum Gasteiger partial charge on any atom is 0.262 e. The lowest BCUT2D eigenvalue weighted by Gasteiger charge is -2.19. The highest BCUT2D eigenvalue weighted by Gasteiger charge is 2.40. The average Bonchev–Trinajstić information content (AvgIpc) is 3.13. The molecule has 0 aromatic heterocycles. The second-order valence-electron chi connectivity index (χ2n) is 5.83. The van der Waals surface area contributed by atoms with E-state index in [9.17, 15) is 14.0 Å². The van der Waals surface area contributed by atoms with Gasteiger partial charge in [-0.15, -0.1) is 0 Å². The third-order valence-corrected chi connectivity index (χ3v) is 4.48. The molecule has 4 heteroatoms. The normalized spacial score (nSPS) is 20.0. The van der Waals surface area contributed by atoms with E-state index in [0.29, 0.717) is 17.5 Å². The largest absolute Gasteiger partial charge is 0.269 e. The van der Waals surface area contributed by atoms with Gasteiger partial charge in [0.15, 0.2) is 0 Å². The molecule has 0 saturated heterocycles. The second kappa shape index (κ2) is 5.16. The molecule has 0 saturated carbocycles. The smallest absolute Gasteiger partial charge is 0.262 e. The van der Waals surface area contributed by atoms with Gasteiger partial charge in [0.05, 0.1) is 17.2 Å². The fourth-order valence-electron chi connectivity index (χ4n) is 3.32. The molecule has 1 aliphatic heterocycles.